The average Bonchev–Trinajstić information content (AvgIpc) is 3.45. The number of anilines is 2. The second-order valence-electron chi connectivity index (χ2n) is 8.30. The lowest BCUT2D eigenvalue weighted by Gasteiger charge is -2.18. The maximum atomic E-state index is 15.0. The number of amides is 1. The molecule has 35 heavy (non-hydrogen) atoms. The molecule has 190 valence electrons. The SMILES string of the molecule is CC(C)NC(=O)O[C@@H]1CC[C@H](c2cc(Nc3nc(Cl)cc4nc(COC(F)(F)F)cn34)n[nH]2)[C@H]1F. The van der Waals surface area contributed by atoms with Gasteiger partial charge in [0.15, 0.2) is 5.82 Å². The number of fused-ring (bicyclic) bond motifs is 1. The molecule has 0 unspecified atom stereocenters. The number of carbonyl (C=O) groups is 1. The lowest BCUT2D eigenvalue weighted by atomic mass is 10.0. The van der Waals surface area contributed by atoms with E-state index in [0.29, 0.717) is 18.5 Å². The smallest absolute Gasteiger partial charge is 0.443 e. The molecule has 4 rings (SSSR count). The van der Waals surface area contributed by atoms with Crippen molar-refractivity contribution in [2.75, 3.05) is 5.32 Å². The second-order valence-corrected chi connectivity index (χ2v) is 8.69. The molecule has 10 nitrogen and oxygen atoms in total. The number of rotatable bonds is 7. The summed E-state index contributed by atoms with van der Waals surface area (Å²) in [6.07, 6.45) is -5.66. The molecule has 0 saturated heterocycles. The molecule has 1 aliphatic rings. The summed E-state index contributed by atoms with van der Waals surface area (Å²) in [4.78, 5) is 20.0. The minimum atomic E-state index is -4.80. The lowest BCUT2D eigenvalue weighted by molar-refractivity contribution is -0.330. The molecule has 1 fully saturated rings. The number of alkyl carbamates (subject to hydrolysis) is 1. The van der Waals surface area contributed by atoms with Crippen molar-refractivity contribution in [2.24, 2.45) is 0 Å². The van der Waals surface area contributed by atoms with E-state index in [2.05, 4.69) is 35.5 Å². The standard InChI is InChI=1S/C20H22ClF4N7O3/c1-9(2)26-19(33)35-13-4-3-11(17(13)22)12-5-15(31-30-12)29-18-28-14(21)6-16-27-10(7-32(16)18)8-34-20(23,24)25/h5-7,9,11,13,17H,3-4,8H2,1-2H3,(H,26,33)(H2,28,29,30,31)/t11-,13-,17-/m1/s1. The van der Waals surface area contributed by atoms with Gasteiger partial charge in [0.1, 0.15) is 23.1 Å². The number of aromatic nitrogens is 5. The number of ether oxygens (including phenoxy) is 2. The van der Waals surface area contributed by atoms with E-state index in [-0.39, 0.29) is 34.3 Å². The van der Waals surface area contributed by atoms with Gasteiger partial charge in [0.2, 0.25) is 5.95 Å². The Labute approximate surface area is 201 Å². The predicted octanol–water partition coefficient (Wildman–Crippen LogP) is 4.60. The first kappa shape index (κ1) is 25.0. The van der Waals surface area contributed by atoms with Gasteiger partial charge in [-0.2, -0.15) is 5.10 Å². The Bertz CT molecular complexity index is 1200. The molecular weight excluding hydrogens is 498 g/mol. The summed E-state index contributed by atoms with van der Waals surface area (Å²) < 4.78 is 62.5. The Morgan fingerprint density at radius 3 is 2.80 bits per heavy atom. The molecule has 15 heteroatoms. The molecular formula is C20H22ClF4N7O3. The fourth-order valence-corrected chi connectivity index (χ4v) is 3.99. The number of nitrogens with zero attached hydrogens (tertiary/aromatic N) is 4. The summed E-state index contributed by atoms with van der Waals surface area (Å²) in [6, 6.07) is 2.82. The van der Waals surface area contributed by atoms with Crippen LogP contribution in [0.25, 0.3) is 5.65 Å². The normalized spacial score (nSPS) is 20.5. The van der Waals surface area contributed by atoms with Crippen LogP contribution in [-0.4, -0.2) is 55.3 Å². The number of alkyl halides is 4. The third-order valence-electron chi connectivity index (χ3n) is 5.26. The highest BCUT2D eigenvalue weighted by Crippen LogP contribution is 2.38. The third-order valence-corrected chi connectivity index (χ3v) is 5.45. The molecule has 0 spiro atoms. The number of hydrogen-bond donors (Lipinski definition) is 3. The van der Waals surface area contributed by atoms with E-state index in [1.165, 1.54) is 16.7 Å². The minimum Gasteiger partial charge on any atom is -0.443 e. The Kier molecular flexibility index (Phi) is 7.03. The third kappa shape index (κ3) is 6.11. The fourth-order valence-electron chi connectivity index (χ4n) is 3.81. The number of imidazole rings is 1. The highest BCUT2D eigenvalue weighted by Gasteiger charge is 2.41. The maximum absolute atomic E-state index is 15.0. The molecule has 1 saturated carbocycles. The van der Waals surface area contributed by atoms with Crippen LogP contribution in [0, 0.1) is 0 Å². The van der Waals surface area contributed by atoms with Gasteiger partial charge < -0.3 is 15.4 Å². The van der Waals surface area contributed by atoms with Gasteiger partial charge >= 0.3 is 12.5 Å². The highest BCUT2D eigenvalue weighted by atomic mass is 35.5. The number of carbonyl (C=O) groups excluding carboxylic acids is 1. The zero-order chi connectivity index (χ0) is 25.3. The van der Waals surface area contributed by atoms with E-state index < -0.39 is 37.3 Å². The largest absolute Gasteiger partial charge is 0.522 e. The summed E-state index contributed by atoms with van der Waals surface area (Å²) in [7, 11) is 0. The van der Waals surface area contributed by atoms with Crippen molar-refractivity contribution >= 4 is 35.1 Å². The molecule has 3 N–H and O–H groups in total. The van der Waals surface area contributed by atoms with Crippen LogP contribution in [0.15, 0.2) is 18.3 Å². The first-order valence-corrected chi connectivity index (χ1v) is 11.0. The van der Waals surface area contributed by atoms with Crippen molar-refractivity contribution < 1.29 is 31.8 Å². The van der Waals surface area contributed by atoms with Crippen molar-refractivity contribution in [3.05, 3.63) is 34.9 Å². The van der Waals surface area contributed by atoms with Crippen molar-refractivity contribution in [1.29, 1.82) is 0 Å². The van der Waals surface area contributed by atoms with E-state index in [4.69, 9.17) is 16.3 Å². The van der Waals surface area contributed by atoms with E-state index in [1.807, 2.05) is 0 Å². The molecule has 0 aliphatic heterocycles. The predicted molar refractivity (Wildman–Crippen MR) is 116 cm³/mol. The van der Waals surface area contributed by atoms with E-state index in [0.717, 1.165) is 0 Å². The van der Waals surface area contributed by atoms with Crippen molar-refractivity contribution in [3.8, 4) is 0 Å². The fraction of sp³-hybridized carbons (Fsp3) is 0.500. The van der Waals surface area contributed by atoms with E-state index in [1.54, 1.807) is 19.9 Å². The Morgan fingerprint density at radius 2 is 2.09 bits per heavy atom. The first-order chi connectivity index (χ1) is 16.5. The number of hydrogen-bond acceptors (Lipinski definition) is 7. The molecule has 1 aliphatic carbocycles. The van der Waals surface area contributed by atoms with Gasteiger partial charge in [0, 0.05) is 36.0 Å². The van der Waals surface area contributed by atoms with Gasteiger partial charge in [-0.1, -0.05) is 11.6 Å². The van der Waals surface area contributed by atoms with Crippen LogP contribution >= 0.6 is 11.6 Å². The maximum Gasteiger partial charge on any atom is 0.522 e. The molecule has 3 aromatic rings. The van der Waals surface area contributed by atoms with Crippen LogP contribution < -0.4 is 10.6 Å². The van der Waals surface area contributed by atoms with Gasteiger partial charge in [-0.25, -0.2) is 19.2 Å². The molecule has 1 amide bonds. The number of nitrogens with one attached hydrogen (secondary N) is 3. The van der Waals surface area contributed by atoms with Crippen molar-refractivity contribution in [1.82, 2.24) is 29.9 Å². The van der Waals surface area contributed by atoms with Crippen LogP contribution in [0.3, 0.4) is 0 Å². The zero-order valence-corrected chi connectivity index (χ0v) is 19.3. The molecule has 0 radical (unpaired) electrons. The number of halogens is 5. The number of aromatic amines is 1. The highest BCUT2D eigenvalue weighted by molar-refractivity contribution is 6.29. The summed E-state index contributed by atoms with van der Waals surface area (Å²) in [5.74, 6) is -0.167. The Morgan fingerprint density at radius 1 is 1.31 bits per heavy atom. The van der Waals surface area contributed by atoms with Crippen molar-refractivity contribution in [3.63, 3.8) is 0 Å². The monoisotopic (exact) mass is 519 g/mol. The van der Waals surface area contributed by atoms with Gasteiger partial charge in [0.05, 0.1) is 12.3 Å². The lowest BCUT2D eigenvalue weighted by Crippen LogP contribution is -2.36. The second kappa shape index (κ2) is 9.85. The zero-order valence-electron chi connectivity index (χ0n) is 18.6. The Hall–Kier alpha value is -3.13. The number of H-pyrrole nitrogens is 1. The van der Waals surface area contributed by atoms with Gasteiger partial charge in [0.25, 0.3) is 0 Å². The van der Waals surface area contributed by atoms with Crippen LogP contribution in [0.4, 0.5) is 34.1 Å². The Balaban J connectivity index is 1.46. The van der Waals surface area contributed by atoms with Crippen LogP contribution in [0.5, 0.6) is 0 Å². The van der Waals surface area contributed by atoms with Crippen LogP contribution in [0.2, 0.25) is 5.15 Å². The van der Waals surface area contributed by atoms with E-state index in [9.17, 15) is 22.4 Å². The molecule has 0 bridgehead atoms. The van der Waals surface area contributed by atoms with E-state index >= 15 is 0 Å². The van der Waals surface area contributed by atoms with Crippen LogP contribution in [-0.2, 0) is 16.1 Å². The summed E-state index contributed by atoms with van der Waals surface area (Å²) in [6.45, 7) is 2.76. The summed E-state index contributed by atoms with van der Waals surface area (Å²) in [5.41, 5.74) is 0.734. The summed E-state index contributed by atoms with van der Waals surface area (Å²) in [5, 5.41) is 12.4. The van der Waals surface area contributed by atoms with Gasteiger partial charge in [-0.05, 0) is 26.7 Å². The molecule has 0 aromatic carbocycles. The molecule has 3 aromatic heterocycles. The molecule has 3 heterocycles. The minimum absolute atomic E-state index is 0.0101. The van der Waals surface area contributed by atoms with Gasteiger partial charge in [-0.15, -0.1) is 13.2 Å². The quantitative estimate of drug-likeness (QED) is 0.308. The van der Waals surface area contributed by atoms with Gasteiger partial charge in [-0.3, -0.25) is 14.2 Å². The average molecular weight is 520 g/mol. The topological polar surface area (TPSA) is 118 Å². The first-order valence-electron chi connectivity index (χ1n) is 10.7. The summed E-state index contributed by atoms with van der Waals surface area (Å²) >= 11 is 6.03. The molecule has 3 atom stereocenters. The van der Waals surface area contributed by atoms with Crippen LogP contribution in [0.1, 0.15) is 44.0 Å². The van der Waals surface area contributed by atoms with Crippen molar-refractivity contribution in [2.45, 2.75) is 63.9 Å².